The first-order chi connectivity index (χ1) is 11.2. The molecule has 2 rings (SSSR count). The van der Waals surface area contributed by atoms with Crippen molar-refractivity contribution >= 4 is 11.6 Å². The molecule has 0 fully saturated rings. The van der Waals surface area contributed by atoms with Crippen LogP contribution in [-0.4, -0.2) is 32.8 Å². The van der Waals surface area contributed by atoms with Gasteiger partial charge in [-0.1, -0.05) is 12.1 Å². The van der Waals surface area contributed by atoms with Crippen LogP contribution in [0.3, 0.4) is 0 Å². The van der Waals surface area contributed by atoms with E-state index in [9.17, 15) is 4.79 Å². The molecule has 0 aliphatic heterocycles. The highest BCUT2D eigenvalue weighted by atomic mass is 16.5. The molecule has 122 valence electrons. The molecule has 0 aromatic heterocycles. The van der Waals surface area contributed by atoms with E-state index >= 15 is 0 Å². The number of nitrogens with one attached hydrogen (secondary N) is 1. The molecule has 1 amide bonds. The highest BCUT2D eigenvalue weighted by Gasteiger charge is 2.08. The molecule has 2 aromatic carbocycles. The third-order valence-electron chi connectivity index (χ3n) is 3.06. The van der Waals surface area contributed by atoms with Crippen molar-refractivity contribution in [3.8, 4) is 11.5 Å². The second-order valence-electron chi connectivity index (χ2n) is 4.78. The number of amides is 1. The number of ether oxygens (including phenoxy) is 3. The molecule has 0 atom stereocenters. The number of hydrogen-bond donors (Lipinski definition) is 1. The van der Waals surface area contributed by atoms with Gasteiger partial charge in [0.1, 0.15) is 18.1 Å². The van der Waals surface area contributed by atoms with Crippen LogP contribution in [-0.2, 0) is 4.74 Å². The number of carbonyl (C=O) groups is 1. The predicted molar refractivity (Wildman–Crippen MR) is 89.4 cm³/mol. The van der Waals surface area contributed by atoms with Crippen LogP contribution in [0.15, 0.2) is 48.5 Å². The zero-order chi connectivity index (χ0) is 16.5. The molecule has 0 spiro atoms. The van der Waals surface area contributed by atoms with Crippen molar-refractivity contribution in [2.45, 2.75) is 6.92 Å². The Morgan fingerprint density at radius 1 is 1.00 bits per heavy atom. The van der Waals surface area contributed by atoms with E-state index in [1.807, 2.05) is 31.2 Å². The molecule has 0 aliphatic carbocycles. The summed E-state index contributed by atoms with van der Waals surface area (Å²) < 4.78 is 15.9. The van der Waals surface area contributed by atoms with Gasteiger partial charge in [-0.3, -0.25) is 4.79 Å². The lowest BCUT2D eigenvalue weighted by molar-refractivity contribution is 0.102. The number of carbonyl (C=O) groups excluding carboxylic acids is 1. The van der Waals surface area contributed by atoms with Gasteiger partial charge in [0.2, 0.25) is 0 Å². The summed E-state index contributed by atoms with van der Waals surface area (Å²) in [6, 6.07) is 14.3. The van der Waals surface area contributed by atoms with Gasteiger partial charge in [-0.05, 0) is 37.3 Å². The van der Waals surface area contributed by atoms with E-state index in [0.29, 0.717) is 42.6 Å². The van der Waals surface area contributed by atoms with Crippen LogP contribution < -0.4 is 14.8 Å². The van der Waals surface area contributed by atoms with E-state index in [0.717, 1.165) is 0 Å². The number of hydrogen-bond acceptors (Lipinski definition) is 4. The molecular formula is C18H21NO4. The maximum Gasteiger partial charge on any atom is 0.255 e. The Labute approximate surface area is 136 Å². The van der Waals surface area contributed by atoms with Gasteiger partial charge in [-0.15, -0.1) is 0 Å². The molecule has 0 saturated heterocycles. The van der Waals surface area contributed by atoms with Crippen molar-refractivity contribution in [1.29, 1.82) is 0 Å². The number of methoxy groups -OCH3 is 1. The molecule has 0 radical (unpaired) electrons. The summed E-state index contributed by atoms with van der Waals surface area (Å²) in [6.07, 6.45) is 0. The Kier molecular flexibility index (Phi) is 6.44. The van der Waals surface area contributed by atoms with E-state index in [1.54, 1.807) is 31.4 Å². The minimum absolute atomic E-state index is 0.194. The summed E-state index contributed by atoms with van der Waals surface area (Å²) in [7, 11) is 1.62. The standard InChI is InChI=1S/C18H21NO4/c1-3-22-16-8-4-6-14(12-16)18(20)19-15-7-5-9-17(13-15)23-11-10-21-2/h4-9,12-13H,3,10-11H2,1-2H3,(H,19,20). The van der Waals surface area contributed by atoms with Crippen LogP contribution in [0.2, 0.25) is 0 Å². The number of benzene rings is 2. The van der Waals surface area contributed by atoms with Crippen molar-refractivity contribution in [1.82, 2.24) is 0 Å². The Morgan fingerprint density at radius 3 is 2.48 bits per heavy atom. The highest BCUT2D eigenvalue weighted by molar-refractivity contribution is 6.04. The normalized spacial score (nSPS) is 10.2. The second-order valence-corrected chi connectivity index (χ2v) is 4.78. The quantitative estimate of drug-likeness (QED) is 0.759. The maximum atomic E-state index is 12.3. The average Bonchev–Trinajstić information content (AvgIpc) is 2.56. The SMILES string of the molecule is CCOc1cccc(C(=O)Nc2cccc(OCCOC)c2)c1. The summed E-state index contributed by atoms with van der Waals surface area (Å²) in [5, 5.41) is 2.85. The minimum Gasteiger partial charge on any atom is -0.494 e. The zero-order valence-electron chi connectivity index (χ0n) is 13.4. The lowest BCUT2D eigenvalue weighted by Gasteiger charge is -2.10. The van der Waals surface area contributed by atoms with Gasteiger partial charge in [-0.2, -0.15) is 0 Å². The van der Waals surface area contributed by atoms with Crippen LogP contribution in [0.4, 0.5) is 5.69 Å². The fourth-order valence-corrected chi connectivity index (χ4v) is 2.00. The van der Waals surface area contributed by atoms with Crippen LogP contribution in [0.5, 0.6) is 11.5 Å². The minimum atomic E-state index is -0.194. The van der Waals surface area contributed by atoms with Gasteiger partial charge in [0, 0.05) is 24.4 Å². The van der Waals surface area contributed by atoms with E-state index in [2.05, 4.69) is 5.32 Å². The van der Waals surface area contributed by atoms with Crippen molar-refractivity contribution in [2.24, 2.45) is 0 Å². The molecule has 1 N–H and O–H groups in total. The monoisotopic (exact) mass is 315 g/mol. The molecule has 0 heterocycles. The second kappa shape index (κ2) is 8.80. The average molecular weight is 315 g/mol. The summed E-state index contributed by atoms with van der Waals surface area (Å²) in [4.78, 5) is 12.3. The zero-order valence-corrected chi connectivity index (χ0v) is 13.4. The van der Waals surface area contributed by atoms with Crippen molar-refractivity contribution < 1.29 is 19.0 Å². The van der Waals surface area contributed by atoms with Crippen LogP contribution in [0, 0.1) is 0 Å². The molecule has 2 aromatic rings. The Hall–Kier alpha value is -2.53. The number of anilines is 1. The topological polar surface area (TPSA) is 56.8 Å². The first kappa shape index (κ1) is 16.8. The Balaban J connectivity index is 2.02. The summed E-state index contributed by atoms with van der Waals surface area (Å²) >= 11 is 0. The van der Waals surface area contributed by atoms with Gasteiger partial charge >= 0.3 is 0 Å². The Bertz CT molecular complexity index is 642. The van der Waals surface area contributed by atoms with Crippen LogP contribution in [0.1, 0.15) is 17.3 Å². The van der Waals surface area contributed by atoms with E-state index in [1.165, 1.54) is 0 Å². The van der Waals surface area contributed by atoms with E-state index in [4.69, 9.17) is 14.2 Å². The molecule has 0 unspecified atom stereocenters. The molecule has 0 aliphatic rings. The van der Waals surface area contributed by atoms with Gasteiger partial charge in [0.05, 0.1) is 13.2 Å². The first-order valence-corrected chi connectivity index (χ1v) is 7.49. The first-order valence-electron chi connectivity index (χ1n) is 7.49. The third-order valence-corrected chi connectivity index (χ3v) is 3.06. The smallest absolute Gasteiger partial charge is 0.255 e. The van der Waals surface area contributed by atoms with Gasteiger partial charge < -0.3 is 19.5 Å². The van der Waals surface area contributed by atoms with E-state index < -0.39 is 0 Å². The largest absolute Gasteiger partial charge is 0.494 e. The molecule has 5 heteroatoms. The lowest BCUT2D eigenvalue weighted by atomic mass is 10.2. The van der Waals surface area contributed by atoms with E-state index in [-0.39, 0.29) is 5.91 Å². The predicted octanol–water partition coefficient (Wildman–Crippen LogP) is 3.36. The number of rotatable bonds is 8. The van der Waals surface area contributed by atoms with Crippen molar-refractivity contribution in [2.75, 3.05) is 32.2 Å². The third kappa shape index (κ3) is 5.30. The molecule has 0 saturated carbocycles. The van der Waals surface area contributed by atoms with Crippen LogP contribution in [0.25, 0.3) is 0 Å². The molecular weight excluding hydrogens is 294 g/mol. The van der Waals surface area contributed by atoms with Gasteiger partial charge in [-0.25, -0.2) is 0 Å². The summed E-state index contributed by atoms with van der Waals surface area (Å²) in [5.74, 6) is 1.17. The van der Waals surface area contributed by atoms with Gasteiger partial charge in [0.15, 0.2) is 0 Å². The summed E-state index contributed by atoms with van der Waals surface area (Å²) in [6.45, 7) is 3.44. The molecule has 0 bridgehead atoms. The fourth-order valence-electron chi connectivity index (χ4n) is 2.00. The molecule has 5 nitrogen and oxygen atoms in total. The van der Waals surface area contributed by atoms with Crippen molar-refractivity contribution in [3.63, 3.8) is 0 Å². The van der Waals surface area contributed by atoms with Crippen LogP contribution >= 0.6 is 0 Å². The summed E-state index contributed by atoms with van der Waals surface area (Å²) in [5.41, 5.74) is 1.22. The fraction of sp³-hybridized carbons (Fsp3) is 0.278. The maximum absolute atomic E-state index is 12.3. The molecule has 23 heavy (non-hydrogen) atoms. The highest BCUT2D eigenvalue weighted by Crippen LogP contribution is 2.19. The Morgan fingerprint density at radius 2 is 1.74 bits per heavy atom. The van der Waals surface area contributed by atoms with Crippen molar-refractivity contribution in [3.05, 3.63) is 54.1 Å². The van der Waals surface area contributed by atoms with Gasteiger partial charge in [0.25, 0.3) is 5.91 Å². The lowest BCUT2D eigenvalue weighted by Crippen LogP contribution is -2.12.